The van der Waals surface area contributed by atoms with Crippen LogP contribution in [0.2, 0.25) is 0 Å². The number of hydroxylamine groups is 1. The maximum atomic E-state index is 9.90. The third-order valence-electron chi connectivity index (χ3n) is 0.566. The minimum absolute atomic E-state index is 0.0637. The van der Waals surface area contributed by atoms with Crippen LogP contribution in [0.1, 0.15) is 6.42 Å². The van der Waals surface area contributed by atoms with E-state index < -0.39 is 0 Å². The third-order valence-corrected chi connectivity index (χ3v) is 0.566. The third kappa shape index (κ3) is 5.43. The minimum Gasteiger partial charge on any atom is -0.624 e. The van der Waals surface area contributed by atoms with Gasteiger partial charge in [-0.25, -0.2) is 4.74 Å². The van der Waals surface area contributed by atoms with Crippen molar-refractivity contribution in [3.63, 3.8) is 0 Å². The van der Waals surface area contributed by atoms with Gasteiger partial charge in [-0.3, -0.25) is 0 Å². The molecule has 0 aliphatic heterocycles. The Bertz CT molecular complexity index is 62.7. The van der Waals surface area contributed by atoms with E-state index in [4.69, 9.17) is 5.11 Å². The molecule has 7 heavy (non-hydrogen) atoms. The van der Waals surface area contributed by atoms with Gasteiger partial charge in [0.05, 0.1) is 0 Å². The second kappa shape index (κ2) is 3.61. The Morgan fingerprint density at radius 2 is 2.29 bits per heavy atom. The fraction of sp³-hybridized carbons (Fsp3) is 0.750. The van der Waals surface area contributed by atoms with Crippen LogP contribution in [-0.4, -0.2) is 29.7 Å². The number of aliphatic hydroxyl groups is 1. The van der Waals surface area contributed by atoms with Crippen molar-refractivity contribution < 1.29 is 9.85 Å². The first kappa shape index (κ1) is 6.43. The predicted octanol–water partition coefficient (Wildman–Crippen LogP) is -0.420. The zero-order chi connectivity index (χ0) is 5.70. The SMILES string of the molecule is C=[N+]([O-])CCCO. The van der Waals surface area contributed by atoms with Gasteiger partial charge >= 0.3 is 0 Å². The molecule has 0 radical (unpaired) electrons. The number of nitrogens with zero attached hydrogens (tertiary/aromatic N) is 1. The highest BCUT2D eigenvalue weighted by molar-refractivity contribution is 5.14. The highest BCUT2D eigenvalue weighted by Gasteiger charge is 1.84. The summed E-state index contributed by atoms with van der Waals surface area (Å²) in [5, 5.41) is 18.0. The monoisotopic (exact) mass is 103 g/mol. The summed E-state index contributed by atoms with van der Waals surface area (Å²) in [5.74, 6) is 0. The maximum absolute atomic E-state index is 9.90. The lowest BCUT2D eigenvalue weighted by Crippen LogP contribution is -2.03. The number of aliphatic hydroxyl groups excluding tert-OH is 1. The van der Waals surface area contributed by atoms with Crippen molar-refractivity contribution in [2.45, 2.75) is 6.42 Å². The molecule has 0 bridgehead atoms. The molecule has 0 unspecified atom stereocenters. The fourth-order valence-electron chi connectivity index (χ4n) is 0.247. The first-order valence-corrected chi connectivity index (χ1v) is 2.13. The first-order chi connectivity index (χ1) is 3.27. The predicted molar refractivity (Wildman–Crippen MR) is 27.3 cm³/mol. The molecule has 0 saturated carbocycles. The molecule has 0 aliphatic rings. The molecular formula is C4H9NO2. The van der Waals surface area contributed by atoms with E-state index in [9.17, 15) is 5.21 Å². The highest BCUT2D eigenvalue weighted by Crippen LogP contribution is 1.73. The topological polar surface area (TPSA) is 46.3 Å². The van der Waals surface area contributed by atoms with Crippen LogP contribution >= 0.6 is 0 Å². The Hall–Kier alpha value is -0.570. The quantitative estimate of drug-likeness (QED) is 0.228. The molecule has 0 aromatic carbocycles. The number of rotatable bonds is 3. The summed E-state index contributed by atoms with van der Waals surface area (Å²) in [6, 6.07) is 0. The summed E-state index contributed by atoms with van der Waals surface area (Å²) >= 11 is 0. The van der Waals surface area contributed by atoms with Crippen LogP contribution in [0.15, 0.2) is 0 Å². The molecule has 0 spiro atoms. The van der Waals surface area contributed by atoms with Crippen LogP contribution in [0, 0.1) is 5.21 Å². The number of hydrogen-bond donors (Lipinski definition) is 1. The van der Waals surface area contributed by atoms with Gasteiger partial charge in [0, 0.05) is 13.0 Å². The van der Waals surface area contributed by atoms with E-state index in [1.54, 1.807) is 0 Å². The molecule has 0 atom stereocenters. The van der Waals surface area contributed by atoms with Gasteiger partial charge in [-0.1, -0.05) is 0 Å². The molecule has 0 aromatic heterocycles. The Morgan fingerprint density at radius 3 is 2.43 bits per heavy atom. The Labute approximate surface area is 42.5 Å². The molecule has 0 rings (SSSR count). The molecule has 0 saturated heterocycles. The molecule has 0 fully saturated rings. The van der Waals surface area contributed by atoms with E-state index in [0.717, 1.165) is 0 Å². The van der Waals surface area contributed by atoms with Gasteiger partial charge in [-0.15, -0.1) is 0 Å². The van der Waals surface area contributed by atoms with Gasteiger partial charge in [0.25, 0.3) is 0 Å². The lowest BCUT2D eigenvalue weighted by atomic mass is 10.5. The van der Waals surface area contributed by atoms with Crippen LogP contribution in [0.25, 0.3) is 0 Å². The highest BCUT2D eigenvalue weighted by atomic mass is 16.5. The molecule has 0 aliphatic carbocycles. The smallest absolute Gasteiger partial charge is 0.155 e. The van der Waals surface area contributed by atoms with E-state index >= 15 is 0 Å². The van der Waals surface area contributed by atoms with Crippen LogP contribution in [0.4, 0.5) is 0 Å². The Kier molecular flexibility index (Phi) is 3.32. The summed E-state index contributed by atoms with van der Waals surface area (Å²) in [5.41, 5.74) is 0. The normalized spacial score (nSPS) is 8.71. The van der Waals surface area contributed by atoms with Gasteiger partial charge < -0.3 is 10.3 Å². The van der Waals surface area contributed by atoms with Crippen molar-refractivity contribution in [3.05, 3.63) is 5.21 Å². The molecule has 0 amide bonds. The van der Waals surface area contributed by atoms with Crippen LogP contribution < -0.4 is 0 Å². The average molecular weight is 103 g/mol. The molecule has 42 valence electrons. The second-order valence-electron chi connectivity index (χ2n) is 1.28. The van der Waals surface area contributed by atoms with E-state index in [2.05, 4.69) is 6.72 Å². The lowest BCUT2D eigenvalue weighted by molar-refractivity contribution is -0.449. The van der Waals surface area contributed by atoms with Crippen molar-refractivity contribution >= 4 is 6.72 Å². The average Bonchev–Trinajstić information content (AvgIpc) is 1.61. The lowest BCUT2D eigenvalue weighted by Gasteiger charge is -1.96. The van der Waals surface area contributed by atoms with Crippen molar-refractivity contribution in [1.82, 2.24) is 0 Å². The molecule has 0 aromatic rings. The summed E-state index contributed by atoms with van der Waals surface area (Å²) in [6.45, 7) is 3.42. The molecule has 3 heteroatoms. The second-order valence-corrected chi connectivity index (χ2v) is 1.28. The summed E-state index contributed by atoms with van der Waals surface area (Å²) in [7, 11) is 0. The van der Waals surface area contributed by atoms with Gasteiger partial charge in [-0.05, 0) is 0 Å². The molecule has 3 nitrogen and oxygen atoms in total. The largest absolute Gasteiger partial charge is 0.624 e. The van der Waals surface area contributed by atoms with Gasteiger partial charge in [0.2, 0.25) is 0 Å². The van der Waals surface area contributed by atoms with Crippen LogP contribution in [0.3, 0.4) is 0 Å². The van der Waals surface area contributed by atoms with E-state index in [0.29, 0.717) is 17.7 Å². The maximum Gasteiger partial charge on any atom is 0.155 e. The Balaban J connectivity index is 2.82. The zero-order valence-electron chi connectivity index (χ0n) is 4.13. The molecule has 0 heterocycles. The standard InChI is InChI=1S/C4H9NO2/c1-5(7)3-2-4-6/h6H,1-4H2. The van der Waals surface area contributed by atoms with E-state index in [1.165, 1.54) is 0 Å². The minimum atomic E-state index is 0.0637. The first-order valence-electron chi connectivity index (χ1n) is 2.13. The number of hydrogen-bond acceptors (Lipinski definition) is 2. The van der Waals surface area contributed by atoms with Crippen molar-refractivity contribution in [2.75, 3.05) is 13.2 Å². The molecule has 1 N–H and O–H groups in total. The summed E-state index contributed by atoms with van der Waals surface area (Å²) < 4.78 is 0.552. The van der Waals surface area contributed by atoms with Crippen LogP contribution in [-0.2, 0) is 0 Å². The van der Waals surface area contributed by atoms with Crippen molar-refractivity contribution in [2.24, 2.45) is 0 Å². The van der Waals surface area contributed by atoms with Gasteiger partial charge in [0.15, 0.2) is 6.54 Å². The Morgan fingerprint density at radius 1 is 1.71 bits per heavy atom. The summed E-state index contributed by atoms with van der Waals surface area (Å²) in [4.78, 5) is 0. The van der Waals surface area contributed by atoms with Crippen molar-refractivity contribution in [1.29, 1.82) is 0 Å². The van der Waals surface area contributed by atoms with Crippen LogP contribution in [0.5, 0.6) is 0 Å². The summed E-state index contributed by atoms with van der Waals surface area (Å²) in [6.07, 6.45) is 0.507. The van der Waals surface area contributed by atoms with E-state index in [-0.39, 0.29) is 6.61 Å². The molecular weight excluding hydrogens is 94.0 g/mol. The van der Waals surface area contributed by atoms with Crippen molar-refractivity contribution in [3.8, 4) is 0 Å². The zero-order valence-corrected chi connectivity index (χ0v) is 4.13. The van der Waals surface area contributed by atoms with Gasteiger partial charge in [0.1, 0.15) is 6.72 Å². The van der Waals surface area contributed by atoms with E-state index in [1.807, 2.05) is 0 Å². The fourth-order valence-corrected chi connectivity index (χ4v) is 0.247. The van der Waals surface area contributed by atoms with Gasteiger partial charge in [-0.2, -0.15) is 0 Å².